The second kappa shape index (κ2) is 7.23. The zero-order valence-electron chi connectivity index (χ0n) is 16.4. The summed E-state index contributed by atoms with van der Waals surface area (Å²) in [5.74, 6) is 0.966. The number of likely N-dealkylation sites (N-methyl/N-ethyl adjacent to an activating group) is 1. The van der Waals surface area contributed by atoms with Crippen LogP contribution in [0.3, 0.4) is 0 Å². The topological polar surface area (TPSA) is 86.4 Å². The van der Waals surface area contributed by atoms with Crippen molar-refractivity contribution in [2.45, 2.75) is 6.17 Å². The van der Waals surface area contributed by atoms with E-state index in [2.05, 4.69) is 22.7 Å². The molecule has 4 heterocycles. The standard InChI is InChI=1S/C20H25N5O4/c1-23-4-6-24(7-5-23)20(27)14-12-21-25-18(26)11-15(22-19(14)25)13-2-3-16-17(10-13)29-9-8-28-16/h2-3,10-11,14,19,21-22H,4-9,12H2,1H3. The van der Waals surface area contributed by atoms with Crippen molar-refractivity contribution in [2.75, 3.05) is 53.0 Å². The smallest absolute Gasteiger partial charge is 0.264 e. The molecule has 4 aliphatic rings. The van der Waals surface area contributed by atoms with E-state index in [4.69, 9.17) is 9.47 Å². The summed E-state index contributed by atoms with van der Waals surface area (Å²) in [4.78, 5) is 30.0. The van der Waals surface area contributed by atoms with E-state index < -0.39 is 6.17 Å². The summed E-state index contributed by atoms with van der Waals surface area (Å²) < 4.78 is 11.2. The van der Waals surface area contributed by atoms with Gasteiger partial charge >= 0.3 is 0 Å². The molecule has 9 nitrogen and oxygen atoms in total. The maximum atomic E-state index is 13.1. The fourth-order valence-corrected chi connectivity index (χ4v) is 4.22. The van der Waals surface area contributed by atoms with Gasteiger partial charge in [-0.05, 0) is 25.2 Å². The van der Waals surface area contributed by atoms with Gasteiger partial charge in [-0.2, -0.15) is 0 Å². The van der Waals surface area contributed by atoms with E-state index >= 15 is 0 Å². The van der Waals surface area contributed by atoms with E-state index in [1.165, 1.54) is 5.01 Å². The number of hydrogen-bond donors (Lipinski definition) is 2. The zero-order valence-corrected chi connectivity index (χ0v) is 16.4. The number of carbonyl (C=O) groups excluding carboxylic acids is 2. The Morgan fingerprint density at radius 1 is 1.10 bits per heavy atom. The van der Waals surface area contributed by atoms with Crippen molar-refractivity contribution in [3.63, 3.8) is 0 Å². The molecule has 29 heavy (non-hydrogen) atoms. The third-order valence-electron chi connectivity index (χ3n) is 5.93. The quantitative estimate of drug-likeness (QED) is 0.691. The van der Waals surface area contributed by atoms with Crippen LogP contribution in [0.4, 0.5) is 0 Å². The lowest BCUT2D eigenvalue weighted by Crippen LogP contribution is -2.56. The first-order valence-corrected chi connectivity index (χ1v) is 10.0. The minimum Gasteiger partial charge on any atom is -0.486 e. The summed E-state index contributed by atoms with van der Waals surface area (Å²) in [6.07, 6.45) is 1.14. The van der Waals surface area contributed by atoms with E-state index in [1.807, 2.05) is 23.1 Å². The van der Waals surface area contributed by atoms with Crippen LogP contribution in [0.2, 0.25) is 0 Å². The maximum absolute atomic E-state index is 13.1. The average molecular weight is 399 g/mol. The number of nitrogens with zero attached hydrogens (tertiary/aromatic N) is 3. The van der Waals surface area contributed by atoms with Crippen molar-refractivity contribution in [1.29, 1.82) is 0 Å². The third-order valence-corrected chi connectivity index (χ3v) is 5.93. The first-order valence-electron chi connectivity index (χ1n) is 10.0. The second-order valence-electron chi connectivity index (χ2n) is 7.81. The molecule has 2 saturated heterocycles. The molecule has 0 saturated carbocycles. The van der Waals surface area contributed by atoms with Gasteiger partial charge in [0.15, 0.2) is 11.5 Å². The predicted octanol–water partition coefficient (Wildman–Crippen LogP) is -0.535. The number of hydrogen-bond acceptors (Lipinski definition) is 7. The molecule has 2 unspecified atom stereocenters. The van der Waals surface area contributed by atoms with Crippen LogP contribution in [0.1, 0.15) is 5.56 Å². The van der Waals surface area contributed by atoms with Gasteiger partial charge in [-0.25, -0.2) is 5.43 Å². The fraction of sp³-hybridized carbons (Fsp3) is 0.500. The molecule has 4 aliphatic heterocycles. The van der Waals surface area contributed by atoms with Gasteiger partial charge in [-0.15, -0.1) is 0 Å². The molecular formula is C20H25N5O4. The molecule has 154 valence electrons. The number of fused-ring (bicyclic) bond motifs is 2. The molecule has 9 heteroatoms. The van der Waals surface area contributed by atoms with Gasteiger partial charge < -0.3 is 24.6 Å². The lowest BCUT2D eigenvalue weighted by Gasteiger charge is -2.37. The average Bonchev–Trinajstić information content (AvgIpc) is 3.18. The van der Waals surface area contributed by atoms with Gasteiger partial charge in [0.2, 0.25) is 5.91 Å². The maximum Gasteiger partial charge on any atom is 0.264 e. The molecule has 0 radical (unpaired) electrons. The number of carbonyl (C=O) groups is 2. The first kappa shape index (κ1) is 18.3. The second-order valence-corrected chi connectivity index (χ2v) is 7.81. The Morgan fingerprint density at radius 2 is 1.86 bits per heavy atom. The molecule has 2 amide bonds. The summed E-state index contributed by atoms with van der Waals surface area (Å²) in [6.45, 7) is 4.66. The van der Waals surface area contributed by atoms with Gasteiger partial charge in [-0.1, -0.05) is 0 Å². The molecule has 1 aromatic carbocycles. The Hall–Kier alpha value is -2.78. The van der Waals surface area contributed by atoms with E-state index in [-0.39, 0.29) is 17.7 Å². The van der Waals surface area contributed by atoms with Gasteiger partial charge in [-0.3, -0.25) is 14.6 Å². The fourth-order valence-electron chi connectivity index (χ4n) is 4.22. The van der Waals surface area contributed by atoms with Gasteiger partial charge in [0.1, 0.15) is 19.4 Å². The van der Waals surface area contributed by atoms with E-state index in [0.717, 1.165) is 31.7 Å². The van der Waals surface area contributed by atoms with Crippen molar-refractivity contribution in [2.24, 2.45) is 5.92 Å². The number of benzene rings is 1. The largest absolute Gasteiger partial charge is 0.486 e. The molecule has 2 N–H and O–H groups in total. The van der Waals surface area contributed by atoms with Crippen molar-refractivity contribution in [3.05, 3.63) is 29.8 Å². The summed E-state index contributed by atoms with van der Waals surface area (Å²) in [5.41, 5.74) is 4.60. The minimum atomic E-state index is -0.414. The van der Waals surface area contributed by atoms with Crippen LogP contribution in [-0.4, -0.2) is 85.8 Å². The summed E-state index contributed by atoms with van der Waals surface area (Å²) in [7, 11) is 2.06. The third kappa shape index (κ3) is 3.30. The number of piperazine rings is 1. The number of rotatable bonds is 2. The van der Waals surface area contributed by atoms with Crippen LogP contribution in [0, 0.1) is 5.92 Å². The number of ether oxygens (including phenoxy) is 2. The highest BCUT2D eigenvalue weighted by atomic mass is 16.6. The first-order chi connectivity index (χ1) is 14.1. The van der Waals surface area contributed by atoms with E-state index in [9.17, 15) is 9.59 Å². The van der Waals surface area contributed by atoms with Gasteiger partial charge in [0, 0.05) is 50.1 Å². The Bertz CT molecular complexity index is 864. The van der Waals surface area contributed by atoms with Crippen LogP contribution in [-0.2, 0) is 9.59 Å². The number of hydrazine groups is 1. The van der Waals surface area contributed by atoms with Crippen LogP contribution in [0.5, 0.6) is 11.5 Å². The summed E-state index contributed by atoms with van der Waals surface area (Å²) >= 11 is 0. The minimum absolute atomic E-state index is 0.0850. The van der Waals surface area contributed by atoms with Crippen LogP contribution < -0.4 is 20.2 Å². The normalized spacial score (nSPS) is 26.7. The van der Waals surface area contributed by atoms with Crippen molar-refractivity contribution in [1.82, 2.24) is 25.6 Å². The van der Waals surface area contributed by atoms with Crippen LogP contribution in [0.15, 0.2) is 24.3 Å². The Kier molecular flexibility index (Phi) is 4.56. The van der Waals surface area contributed by atoms with Crippen LogP contribution in [0.25, 0.3) is 5.70 Å². The molecule has 0 aromatic heterocycles. The van der Waals surface area contributed by atoms with Gasteiger partial charge in [0.05, 0.1) is 5.92 Å². The van der Waals surface area contributed by atoms with Crippen molar-refractivity contribution in [3.8, 4) is 11.5 Å². The predicted molar refractivity (Wildman–Crippen MR) is 105 cm³/mol. The molecular weight excluding hydrogens is 374 g/mol. The Labute approximate surface area is 169 Å². The van der Waals surface area contributed by atoms with Crippen LogP contribution >= 0.6 is 0 Å². The Morgan fingerprint density at radius 3 is 2.66 bits per heavy atom. The number of nitrogens with one attached hydrogen (secondary N) is 2. The SMILES string of the molecule is CN1CCN(C(=O)C2CNN3C(=O)C=C(c4ccc5c(c4)OCCO5)NC23)CC1. The highest BCUT2D eigenvalue weighted by Crippen LogP contribution is 2.34. The van der Waals surface area contributed by atoms with Crippen molar-refractivity contribution >= 4 is 17.5 Å². The van der Waals surface area contributed by atoms with Crippen molar-refractivity contribution < 1.29 is 19.1 Å². The monoisotopic (exact) mass is 399 g/mol. The highest BCUT2D eigenvalue weighted by Gasteiger charge is 2.45. The molecule has 0 aliphatic carbocycles. The molecule has 0 bridgehead atoms. The summed E-state index contributed by atoms with van der Waals surface area (Å²) in [6, 6.07) is 5.62. The molecule has 1 aromatic rings. The molecule has 2 atom stereocenters. The van der Waals surface area contributed by atoms with E-state index in [1.54, 1.807) is 6.08 Å². The molecule has 2 fully saturated rings. The van der Waals surface area contributed by atoms with Gasteiger partial charge in [0.25, 0.3) is 5.91 Å². The van der Waals surface area contributed by atoms with E-state index in [0.29, 0.717) is 37.0 Å². The molecule has 0 spiro atoms. The highest BCUT2D eigenvalue weighted by molar-refractivity contribution is 5.97. The lowest BCUT2D eigenvalue weighted by molar-refractivity contribution is -0.139. The lowest BCUT2D eigenvalue weighted by atomic mass is 10.0. The molecule has 5 rings (SSSR count). The number of amides is 2. The zero-order chi connectivity index (χ0) is 20.0. The summed E-state index contributed by atoms with van der Waals surface area (Å²) in [5, 5.41) is 4.93. The Balaban J connectivity index is 1.36.